The third-order valence-electron chi connectivity index (χ3n) is 0. The molecule has 0 N–H and O–H groups in total. The van der Waals surface area contributed by atoms with Gasteiger partial charge in [-0.3, -0.25) is 0 Å². The van der Waals surface area contributed by atoms with E-state index < -0.39 is 30.5 Å². The van der Waals surface area contributed by atoms with Crippen LogP contribution in [0.5, 0.6) is 0 Å². The summed E-state index contributed by atoms with van der Waals surface area (Å²) in [7, 11) is 0. The van der Waals surface area contributed by atoms with E-state index in [1.54, 1.807) is 0 Å². The summed E-state index contributed by atoms with van der Waals surface area (Å²) in [5, 5.41) is 88.5. The summed E-state index contributed by atoms with van der Waals surface area (Å²) in [5.41, 5.74) is 0. The SMILES string of the molecule is O=[N+]([O-])[O-].O=[N+]([O-])[O-].O=[N+]([O-])[O-].O=[N+]([O-])[O-].O=[N+]([O-])[O-].O=[N+]([O-])[O-].[Co+2].[Co+2].[Mn+2]. The van der Waals surface area contributed by atoms with Crippen LogP contribution in [-0.2, 0) is 50.6 Å². The second kappa shape index (κ2) is 49.5. The van der Waals surface area contributed by atoms with Crippen molar-refractivity contribution < 1.29 is 81.1 Å². The molecule has 3 radical (unpaired) electrons. The van der Waals surface area contributed by atoms with Gasteiger partial charge in [0.1, 0.15) is 0 Å². The molecule has 0 saturated carbocycles. The average Bonchev–Trinajstić information content (AvgIpc) is 2.08. The van der Waals surface area contributed by atoms with Gasteiger partial charge in [0.2, 0.25) is 0 Å². The van der Waals surface area contributed by atoms with Gasteiger partial charge in [0.05, 0.1) is 30.5 Å². The largest absolute Gasteiger partial charge is 2.00 e. The van der Waals surface area contributed by atoms with E-state index in [2.05, 4.69) is 0 Å². The van der Waals surface area contributed by atoms with Crippen molar-refractivity contribution in [2.45, 2.75) is 0 Å². The molecule has 0 saturated heterocycles. The number of hydrogen-bond donors (Lipinski definition) is 0. The van der Waals surface area contributed by atoms with Gasteiger partial charge in [-0.25, -0.2) is 0 Å². The number of rotatable bonds is 0. The van der Waals surface area contributed by atoms with Gasteiger partial charge >= 0.3 is 50.6 Å². The molecule has 24 nitrogen and oxygen atoms in total. The van der Waals surface area contributed by atoms with Crippen LogP contribution in [0.25, 0.3) is 0 Å². The normalized spacial score (nSPS) is 5.33. The quantitative estimate of drug-likeness (QED) is 0.191. The van der Waals surface area contributed by atoms with Crippen molar-refractivity contribution in [3.63, 3.8) is 0 Å². The molecule has 0 aromatic carbocycles. The van der Waals surface area contributed by atoms with Crippen LogP contribution in [0.1, 0.15) is 0 Å². The first-order valence-electron chi connectivity index (χ1n) is 3.29. The third-order valence-corrected chi connectivity index (χ3v) is 0. The van der Waals surface area contributed by atoms with Crippen molar-refractivity contribution in [3.05, 3.63) is 91.9 Å². The van der Waals surface area contributed by atoms with Crippen molar-refractivity contribution in [1.82, 2.24) is 0 Å². The van der Waals surface area contributed by atoms with Gasteiger partial charge in [0.25, 0.3) is 0 Å². The van der Waals surface area contributed by atoms with Crippen LogP contribution in [0.15, 0.2) is 0 Å². The maximum Gasteiger partial charge on any atom is 2.00 e. The Kier molecular flexibility index (Phi) is 104. The molecule has 0 rings (SSSR count). The molecule has 0 fully saturated rings. The van der Waals surface area contributed by atoms with Gasteiger partial charge in [-0.1, -0.05) is 0 Å². The molecule has 0 bridgehead atoms. The van der Waals surface area contributed by atoms with Crippen LogP contribution in [0.2, 0.25) is 0 Å². The topological polar surface area (TPSA) is 397 Å². The van der Waals surface area contributed by atoms with Crippen molar-refractivity contribution in [2.75, 3.05) is 0 Å². The van der Waals surface area contributed by atoms with Crippen molar-refractivity contribution >= 4 is 0 Å². The molecule has 0 aliphatic carbocycles. The minimum Gasteiger partial charge on any atom is -0.356 e. The van der Waals surface area contributed by atoms with E-state index in [0.29, 0.717) is 0 Å². The van der Waals surface area contributed by atoms with Gasteiger partial charge in [-0.15, -0.1) is 0 Å². The Morgan fingerprint density at radius 2 is 0.296 bits per heavy atom. The zero-order chi connectivity index (χ0) is 21.5. The standard InChI is InChI=1S/2Co.Mn.6NO3/c;;;6*2-1(3)4/q3*+2;6*-1. The summed E-state index contributed by atoms with van der Waals surface area (Å²) < 4.78 is 0. The summed E-state index contributed by atoms with van der Waals surface area (Å²) in [6, 6.07) is 0. The molecule has 0 aliphatic heterocycles. The summed E-state index contributed by atoms with van der Waals surface area (Å²) >= 11 is 0. The van der Waals surface area contributed by atoms with Crippen LogP contribution >= 0.6 is 0 Å². The van der Waals surface area contributed by atoms with Crippen molar-refractivity contribution in [1.29, 1.82) is 0 Å². The maximum absolute atomic E-state index is 8.25. The molecule has 0 aromatic heterocycles. The van der Waals surface area contributed by atoms with Gasteiger partial charge in [0.15, 0.2) is 0 Å². The fraction of sp³-hybridized carbons (Fsp3) is 0. The Bertz CT molecular complexity index is 267. The Hall–Kier alpha value is -3.27. The molecule has 0 spiro atoms. The zero-order valence-corrected chi connectivity index (χ0v) is 14.3. The Balaban J connectivity index is -0.0000000201. The summed E-state index contributed by atoms with van der Waals surface area (Å²) in [6.07, 6.45) is 0. The fourth-order valence-electron chi connectivity index (χ4n) is 0. The van der Waals surface area contributed by atoms with Crippen molar-refractivity contribution in [2.24, 2.45) is 0 Å². The molecular formula is Co2MnN6O18. The first kappa shape index (κ1) is 56.5. The van der Waals surface area contributed by atoms with Crippen LogP contribution in [0, 0.1) is 91.9 Å². The Morgan fingerprint density at radius 1 is 0.296 bits per heavy atom. The molecule has 0 heterocycles. The van der Waals surface area contributed by atoms with Crippen LogP contribution < -0.4 is 0 Å². The molecule has 0 amide bonds. The van der Waals surface area contributed by atoms with E-state index in [1.165, 1.54) is 0 Å². The monoisotopic (exact) mass is 545 g/mol. The van der Waals surface area contributed by atoms with Crippen LogP contribution in [0.4, 0.5) is 0 Å². The first-order chi connectivity index (χ1) is 10.4. The molecule has 0 aliphatic rings. The van der Waals surface area contributed by atoms with E-state index in [-0.39, 0.29) is 50.6 Å². The van der Waals surface area contributed by atoms with E-state index in [0.717, 1.165) is 0 Å². The molecular weight excluding hydrogens is 545 g/mol. The third kappa shape index (κ3) is 915. The van der Waals surface area contributed by atoms with Gasteiger partial charge < -0.3 is 91.9 Å². The molecule has 0 atom stereocenters. The van der Waals surface area contributed by atoms with E-state index in [1.807, 2.05) is 0 Å². The van der Waals surface area contributed by atoms with Gasteiger partial charge in [0, 0.05) is 0 Å². The predicted molar refractivity (Wildman–Crippen MR) is 62.2 cm³/mol. The van der Waals surface area contributed by atoms with E-state index in [9.17, 15) is 0 Å². The molecule has 163 valence electrons. The van der Waals surface area contributed by atoms with E-state index in [4.69, 9.17) is 91.9 Å². The van der Waals surface area contributed by atoms with Crippen molar-refractivity contribution in [3.8, 4) is 0 Å². The summed E-state index contributed by atoms with van der Waals surface area (Å²) in [6.45, 7) is 0. The smallest absolute Gasteiger partial charge is 0.356 e. The van der Waals surface area contributed by atoms with Gasteiger partial charge in [-0.05, 0) is 0 Å². The number of nitrogens with zero attached hydrogens (tertiary/aromatic N) is 6. The molecule has 0 unspecified atom stereocenters. The summed E-state index contributed by atoms with van der Waals surface area (Å²) in [5.74, 6) is 0. The molecule has 27 heavy (non-hydrogen) atoms. The average molecular weight is 545 g/mol. The zero-order valence-electron chi connectivity index (χ0n) is 11.1. The second-order valence-electron chi connectivity index (χ2n) is 1.34. The Labute approximate surface area is 173 Å². The first-order valence-corrected chi connectivity index (χ1v) is 3.29. The predicted octanol–water partition coefficient (Wildman–Crippen LogP) is -1.44. The molecule has 27 heteroatoms. The van der Waals surface area contributed by atoms with E-state index >= 15 is 0 Å². The maximum atomic E-state index is 8.25. The second-order valence-corrected chi connectivity index (χ2v) is 1.34. The molecule has 0 aromatic rings. The minimum absolute atomic E-state index is 0. The summed E-state index contributed by atoms with van der Waals surface area (Å²) in [4.78, 5) is 49.5. The fourth-order valence-corrected chi connectivity index (χ4v) is 0. The minimum atomic E-state index is -1.75. The number of hydrogen-bond acceptors (Lipinski definition) is 18. The Morgan fingerprint density at radius 3 is 0.296 bits per heavy atom. The van der Waals surface area contributed by atoms with Crippen LogP contribution in [0.3, 0.4) is 0 Å². The van der Waals surface area contributed by atoms with Crippen LogP contribution in [-0.4, -0.2) is 30.5 Å². The van der Waals surface area contributed by atoms with Gasteiger partial charge in [-0.2, -0.15) is 0 Å².